The Balaban J connectivity index is 3.01. The molecule has 0 aromatic heterocycles. The number of rotatable bonds is 6. The highest BCUT2D eigenvalue weighted by molar-refractivity contribution is 5.65. The van der Waals surface area contributed by atoms with E-state index in [1.807, 2.05) is 0 Å². The molecule has 0 fully saturated rings. The van der Waals surface area contributed by atoms with Crippen LogP contribution in [0.15, 0.2) is 18.2 Å². The zero-order valence-corrected chi connectivity index (χ0v) is 9.51. The Morgan fingerprint density at radius 3 is 2.37 bits per heavy atom. The van der Waals surface area contributed by atoms with Crippen LogP contribution in [0.1, 0.15) is 0 Å². The maximum atomic E-state index is 12.9. The Kier molecular flexibility index (Phi) is 4.27. The lowest BCUT2D eigenvalue weighted by molar-refractivity contribution is -0.393. The molecule has 19 heavy (non-hydrogen) atoms. The molecule has 0 aliphatic rings. The summed E-state index contributed by atoms with van der Waals surface area (Å²) in [5, 5.41) is 23.4. The van der Waals surface area contributed by atoms with Gasteiger partial charge in [-0.05, 0) is 6.07 Å². The molecule has 1 aromatic carbocycles. The first kappa shape index (κ1) is 14.7. The lowest BCUT2D eigenvalue weighted by Crippen LogP contribution is -2.35. The van der Waals surface area contributed by atoms with Crippen LogP contribution in [0.3, 0.4) is 0 Å². The molecule has 104 valence electrons. The zero-order chi connectivity index (χ0) is 14.6. The Morgan fingerprint density at radius 1 is 1.26 bits per heavy atom. The molecule has 1 aromatic rings. The zero-order valence-electron chi connectivity index (χ0n) is 9.51. The van der Waals surface area contributed by atoms with Crippen LogP contribution in [0.5, 0.6) is 0 Å². The number of non-ortho nitro benzene ring substituents is 1. The fraction of sp³-hybridized carbons (Fsp3) is 0.333. The van der Waals surface area contributed by atoms with Crippen molar-refractivity contribution < 1.29 is 18.6 Å². The summed E-state index contributed by atoms with van der Waals surface area (Å²) in [5.41, 5.74) is 3.44. The quantitative estimate of drug-likeness (QED) is 0.599. The van der Waals surface area contributed by atoms with Gasteiger partial charge in [0.15, 0.2) is 0 Å². The van der Waals surface area contributed by atoms with Crippen LogP contribution in [0, 0.1) is 20.2 Å². The van der Waals surface area contributed by atoms with Crippen LogP contribution in [0.4, 0.5) is 25.8 Å². The van der Waals surface area contributed by atoms with Crippen LogP contribution in [-0.4, -0.2) is 28.9 Å². The maximum absolute atomic E-state index is 12.9. The predicted octanol–water partition coefficient (Wildman–Crippen LogP) is 1.51. The van der Waals surface area contributed by atoms with E-state index >= 15 is 0 Å². The number of nitro benzene ring substituents is 2. The van der Waals surface area contributed by atoms with E-state index in [0.29, 0.717) is 6.07 Å². The molecular formula is C9H10F2N4O4. The number of anilines is 1. The molecule has 0 amide bonds. The van der Waals surface area contributed by atoms with Crippen LogP contribution in [-0.2, 0) is 0 Å². The van der Waals surface area contributed by atoms with Crippen LogP contribution in [0.25, 0.3) is 0 Å². The van der Waals surface area contributed by atoms with Crippen LogP contribution < -0.4 is 11.1 Å². The topological polar surface area (TPSA) is 124 Å². The molecule has 0 bridgehead atoms. The van der Waals surface area contributed by atoms with Crippen molar-refractivity contribution in [3.05, 3.63) is 38.4 Å². The second-order valence-corrected chi connectivity index (χ2v) is 3.63. The highest BCUT2D eigenvalue weighted by atomic mass is 19.3. The van der Waals surface area contributed by atoms with Gasteiger partial charge in [0.05, 0.1) is 29.0 Å². The predicted molar refractivity (Wildman–Crippen MR) is 62.2 cm³/mol. The van der Waals surface area contributed by atoms with Gasteiger partial charge < -0.3 is 11.1 Å². The van der Waals surface area contributed by atoms with Crippen molar-refractivity contribution in [2.24, 2.45) is 5.73 Å². The van der Waals surface area contributed by atoms with Gasteiger partial charge >= 0.3 is 0 Å². The molecule has 0 spiro atoms. The molecule has 0 saturated carbocycles. The van der Waals surface area contributed by atoms with E-state index in [-0.39, 0.29) is 5.69 Å². The van der Waals surface area contributed by atoms with Gasteiger partial charge in [0, 0.05) is 6.07 Å². The van der Waals surface area contributed by atoms with Gasteiger partial charge in [-0.15, -0.1) is 0 Å². The first-order valence-electron chi connectivity index (χ1n) is 5.01. The minimum atomic E-state index is -3.23. The molecule has 0 radical (unpaired) electrons. The molecule has 0 aliphatic heterocycles. The van der Waals surface area contributed by atoms with Crippen molar-refractivity contribution in [1.29, 1.82) is 0 Å². The molecular weight excluding hydrogens is 266 g/mol. The SMILES string of the molecule is NCC(F)(F)CNc1ccc([N+](=O)[O-])cc1[N+](=O)[O-]. The van der Waals surface area contributed by atoms with Crippen molar-refractivity contribution in [3.63, 3.8) is 0 Å². The van der Waals surface area contributed by atoms with Gasteiger partial charge in [-0.25, -0.2) is 8.78 Å². The molecule has 10 heteroatoms. The number of alkyl halides is 2. The number of halogens is 2. The monoisotopic (exact) mass is 276 g/mol. The number of hydrogen-bond acceptors (Lipinski definition) is 6. The fourth-order valence-electron chi connectivity index (χ4n) is 1.23. The average Bonchev–Trinajstić information content (AvgIpc) is 2.36. The lowest BCUT2D eigenvalue weighted by atomic mass is 10.2. The van der Waals surface area contributed by atoms with Crippen molar-refractivity contribution in [1.82, 2.24) is 0 Å². The molecule has 0 aliphatic carbocycles. The molecule has 0 heterocycles. The summed E-state index contributed by atoms with van der Waals surface area (Å²) in [6, 6.07) is 2.68. The molecule has 0 unspecified atom stereocenters. The van der Waals surface area contributed by atoms with Gasteiger partial charge in [-0.1, -0.05) is 0 Å². The third kappa shape index (κ3) is 3.81. The summed E-state index contributed by atoms with van der Waals surface area (Å²) in [7, 11) is 0. The van der Waals surface area contributed by atoms with E-state index in [9.17, 15) is 29.0 Å². The highest BCUT2D eigenvalue weighted by Crippen LogP contribution is 2.29. The first-order valence-corrected chi connectivity index (χ1v) is 5.01. The normalized spacial score (nSPS) is 11.1. The summed E-state index contributed by atoms with van der Waals surface area (Å²) in [4.78, 5) is 19.5. The highest BCUT2D eigenvalue weighted by Gasteiger charge is 2.28. The number of benzene rings is 1. The van der Waals surface area contributed by atoms with Crippen molar-refractivity contribution >= 4 is 17.1 Å². The van der Waals surface area contributed by atoms with Crippen molar-refractivity contribution in [2.75, 3.05) is 18.4 Å². The number of nitro groups is 2. The van der Waals surface area contributed by atoms with Gasteiger partial charge in [-0.3, -0.25) is 20.2 Å². The van der Waals surface area contributed by atoms with Crippen molar-refractivity contribution in [2.45, 2.75) is 5.92 Å². The standard InChI is InChI=1S/C9H10F2N4O4/c10-9(11,4-12)5-13-7-2-1-6(14(16)17)3-8(7)15(18)19/h1-3,13H,4-5,12H2. The van der Waals surface area contributed by atoms with E-state index in [2.05, 4.69) is 5.32 Å². The summed E-state index contributed by atoms with van der Waals surface area (Å²) in [5.74, 6) is -3.23. The van der Waals surface area contributed by atoms with E-state index in [1.54, 1.807) is 0 Å². The summed E-state index contributed by atoms with van der Waals surface area (Å²) in [6.07, 6.45) is 0. The number of nitrogens with two attached hydrogens (primary N) is 1. The number of nitrogens with zero attached hydrogens (tertiary/aromatic N) is 2. The van der Waals surface area contributed by atoms with E-state index < -0.39 is 40.2 Å². The molecule has 0 saturated heterocycles. The van der Waals surface area contributed by atoms with Gasteiger partial charge in [-0.2, -0.15) is 0 Å². The second kappa shape index (κ2) is 5.52. The third-order valence-corrected chi connectivity index (χ3v) is 2.22. The van der Waals surface area contributed by atoms with Gasteiger partial charge in [0.1, 0.15) is 5.69 Å². The first-order chi connectivity index (χ1) is 8.76. The summed E-state index contributed by atoms with van der Waals surface area (Å²) >= 11 is 0. The lowest BCUT2D eigenvalue weighted by Gasteiger charge is -2.15. The van der Waals surface area contributed by atoms with Crippen LogP contribution in [0.2, 0.25) is 0 Å². The average molecular weight is 276 g/mol. The Hall–Kier alpha value is -2.36. The Bertz CT molecular complexity index is 509. The van der Waals surface area contributed by atoms with Crippen molar-refractivity contribution in [3.8, 4) is 0 Å². The van der Waals surface area contributed by atoms with E-state index in [4.69, 9.17) is 5.73 Å². The van der Waals surface area contributed by atoms with E-state index in [1.165, 1.54) is 0 Å². The largest absolute Gasteiger partial charge is 0.373 e. The minimum Gasteiger partial charge on any atom is -0.373 e. The van der Waals surface area contributed by atoms with Gasteiger partial charge in [0.25, 0.3) is 17.3 Å². The summed E-state index contributed by atoms with van der Waals surface area (Å²) in [6.45, 7) is -1.82. The summed E-state index contributed by atoms with van der Waals surface area (Å²) < 4.78 is 25.8. The smallest absolute Gasteiger partial charge is 0.299 e. The molecule has 3 N–H and O–H groups in total. The second-order valence-electron chi connectivity index (χ2n) is 3.63. The Labute approximate surface area is 105 Å². The fourth-order valence-corrected chi connectivity index (χ4v) is 1.23. The maximum Gasteiger partial charge on any atom is 0.299 e. The van der Waals surface area contributed by atoms with E-state index in [0.717, 1.165) is 12.1 Å². The Morgan fingerprint density at radius 2 is 1.89 bits per heavy atom. The molecule has 8 nitrogen and oxygen atoms in total. The van der Waals surface area contributed by atoms with Crippen LogP contribution >= 0.6 is 0 Å². The minimum absolute atomic E-state index is 0.233. The third-order valence-electron chi connectivity index (χ3n) is 2.22. The molecule has 0 atom stereocenters. The number of nitrogens with one attached hydrogen (secondary N) is 1. The number of hydrogen-bond donors (Lipinski definition) is 2. The molecule has 1 rings (SSSR count). The van der Waals surface area contributed by atoms with Gasteiger partial charge in [0.2, 0.25) is 0 Å².